The first-order valence-electron chi connectivity index (χ1n) is 3.18. The maximum absolute atomic E-state index is 12.2. The van der Waals surface area contributed by atoms with Crippen LogP contribution >= 0.6 is 0 Å². The molecule has 0 aliphatic carbocycles. The van der Waals surface area contributed by atoms with E-state index in [4.69, 9.17) is 0 Å². The Morgan fingerprint density at radius 2 is 1.77 bits per heavy atom. The van der Waals surface area contributed by atoms with Crippen molar-refractivity contribution in [1.29, 1.82) is 0 Å². The van der Waals surface area contributed by atoms with Crippen LogP contribution in [0.15, 0.2) is 23.8 Å². The Labute approximate surface area is 86.2 Å². The van der Waals surface area contributed by atoms with E-state index in [1.165, 1.54) is 0 Å². The zero-order valence-electron chi connectivity index (χ0n) is 8.25. The SMILES string of the molecule is CCC=CC(F)=C(F)C(F)(F)F.[H-].[Li+]. The van der Waals surface area contributed by atoms with Crippen LogP contribution in [0.4, 0.5) is 22.0 Å². The molecule has 0 N–H and O–H groups in total. The van der Waals surface area contributed by atoms with Gasteiger partial charge in [0, 0.05) is 0 Å². The smallest absolute Gasteiger partial charge is 1.00 e. The third kappa shape index (κ3) is 5.89. The maximum Gasteiger partial charge on any atom is 1.00 e. The summed E-state index contributed by atoms with van der Waals surface area (Å²) in [5.41, 5.74) is 0. The van der Waals surface area contributed by atoms with Gasteiger partial charge < -0.3 is 1.43 Å². The van der Waals surface area contributed by atoms with Crippen molar-refractivity contribution in [3.8, 4) is 0 Å². The van der Waals surface area contributed by atoms with Crippen LogP contribution in [0.5, 0.6) is 0 Å². The van der Waals surface area contributed by atoms with E-state index in [9.17, 15) is 22.0 Å². The van der Waals surface area contributed by atoms with Crippen molar-refractivity contribution < 1.29 is 42.2 Å². The van der Waals surface area contributed by atoms with Gasteiger partial charge in [-0.1, -0.05) is 13.0 Å². The average molecular weight is 194 g/mol. The second-order valence-electron chi connectivity index (χ2n) is 1.97. The molecule has 0 radical (unpaired) electrons. The van der Waals surface area contributed by atoms with Crippen LogP contribution in [0, 0.1) is 0 Å². The fourth-order valence-corrected chi connectivity index (χ4v) is 0.430. The summed E-state index contributed by atoms with van der Waals surface area (Å²) in [6, 6.07) is 0. The van der Waals surface area contributed by atoms with E-state index in [-0.39, 0.29) is 20.3 Å². The zero-order valence-corrected chi connectivity index (χ0v) is 7.25. The van der Waals surface area contributed by atoms with Crippen molar-refractivity contribution in [3.05, 3.63) is 23.8 Å². The molecular formula is C7H8F5Li. The summed E-state index contributed by atoms with van der Waals surface area (Å²) in [6.07, 6.45) is -3.33. The van der Waals surface area contributed by atoms with Crippen LogP contribution in [0.1, 0.15) is 14.8 Å². The number of rotatable bonds is 2. The molecule has 0 aliphatic heterocycles. The Balaban J connectivity index is -0.000000605. The van der Waals surface area contributed by atoms with Gasteiger partial charge in [-0.2, -0.15) is 17.6 Å². The van der Waals surface area contributed by atoms with E-state index in [0.29, 0.717) is 12.5 Å². The Hall–Kier alpha value is -0.273. The van der Waals surface area contributed by atoms with Crippen LogP contribution in [-0.2, 0) is 0 Å². The molecule has 0 amide bonds. The first kappa shape index (κ1) is 15.2. The van der Waals surface area contributed by atoms with E-state index in [1.54, 1.807) is 6.92 Å². The molecule has 0 saturated heterocycles. The summed E-state index contributed by atoms with van der Waals surface area (Å²) in [5.74, 6) is -4.57. The van der Waals surface area contributed by atoms with Gasteiger partial charge in [-0.3, -0.25) is 0 Å². The van der Waals surface area contributed by atoms with Gasteiger partial charge in [-0.05, 0) is 12.5 Å². The monoisotopic (exact) mass is 194 g/mol. The molecule has 0 nitrogen and oxygen atoms in total. The fraction of sp³-hybridized carbons (Fsp3) is 0.429. The molecular weight excluding hydrogens is 186 g/mol. The third-order valence-corrected chi connectivity index (χ3v) is 0.958. The van der Waals surface area contributed by atoms with Crippen molar-refractivity contribution in [2.75, 3.05) is 0 Å². The van der Waals surface area contributed by atoms with Crippen molar-refractivity contribution in [2.24, 2.45) is 0 Å². The average Bonchev–Trinajstić information content (AvgIpc) is 1.97. The summed E-state index contributed by atoms with van der Waals surface area (Å²) < 4.78 is 58.4. The molecule has 0 spiro atoms. The normalized spacial score (nSPS) is 14.0. The number of allylic oxidation sites excluding steroid dienone is 4. The second kappa shape index (κ2) is 6.22. The Morgan fingerprint density at radius 3 is 2.08 bits per heavy atom. The van der Waals surface area contributed by atoms with Crippen LogP contribution in [-0.4, -0.2) is 6.18 Å². The molecule has 0 rings (SSSR count). The maximum atomic E-state index is 12.2. The van der Waals surface area contributed by atoms with Crippen molar-refractivity contribution in [1.82, 2.24) is 0 Å². The van der Waals surface area contributed by atoms with Crippen LogP contribution in [0.25, 0.3) is 0 Å². The molecule has 0 aromatic heterocycles. The molecule has 0 heterocycles. The summed E-state index contributed by atoms with van der Waals surface area (Å²) in [7, 11) is 0. The van der Waals surface area contributed by atoms with Gasteiger partial charge in [0.2, 0.25) is 5.83 Å². The number of halogens is 5. The minimum Gasteiger partial charge on any atom is -1.00 e. The molecule has 0 bridgehead atoms. The molecule has 0 aromatic rings. The zero-order chi connectivity index (χ0) is 9.78. The van der Waals surface area contributed by atoms with Crippen LogP contribution in [0.2, 0.25) is 0 Å². The molecule has 72 valence electrons. The van der Waals surface area contributed by atoms with Gasteiger partial charge in [0.15, 0.2) is 5.83 Å². The minimum absolute atomic E-state index is 0. The van der Waals surface area contributed by atoms with E-state index >= 15 is 0 Å². The molecule has 0 saturated carbocycles. The van der Waals surface area contributed by atoms with E-state index in [2.05, 4.69) is 0 Å². The van der Waals surface area contributed by atoms with Crippen molar-refractivity contribution in [3.63, 3.8) is 0 Å². The molecule has 0 unspecified atom stereocenters. The van der Waals surface area contributed by atoms with Gasteiger partial charge in [0.05, 0.1) is 0 Å². The van der Waals surface area contributed by atoms with Gasteiger partial charge in [-0.25, -0.2) is 4.39 Å². The molecule has 0 aromatic carbocycles. The molecule has 6 heteroatoms. The summed E-state index contributed by atoms with van der Waals surface area (Å²) in [5, 5.41) is 0. The van der Waals surface area contributed by atoms with Crippen LogP contribution < -0.4 is 18.9 Å². The Morgan fingerprint density at radius 1 is 1.31 bits per heavy atom. The minimum atomic E-state index is -5.23. The summed E-state index contributed by atoms with van der Waals surface area (Å²) >= 11 is 0. The van der Waals surface area contributed by atoms with E-state index in [1.807, 2.05) is 0 Å². The van der Waals surface area contributed by atoms with Crippen molar-refractivity contribution >= 4 is 0 Å². The van der Waals surface area contributed by atoms with Crippen LogP contribution in [0.3, 0.4) is 0 Å². The van der Waals surface area contributed by atoms with Crippen molar-refractivity contribution in [2.45, 2.75) is 19.5 Å². The summed E-state index contributed by atoms with van der Waals surface area (Å²) in [6.45, 7) is 1.59. The predicted octanol–water partition coefficient (Wildman–Crippen LogP) is 0.782. The van der Waals surface area contributed by atoms with Gasteiger partial charge in [-0.15, -0.1) is 0 Å². The first-order chi connectivity index (χ1) is 5.39. The number of alkyl halides is 3. The van der Waals surface area contributed by atoms with E-state index in [0.717, 1.165) is 6.08 Å². The van der Waals surface area contributed by atoms with Gasteiger partial charge >= 0.3 is 25.0 Å². The predicted molar refractivity (Wildman–Crippen MR) is 35.8 cm³/mol. The molecule has 0 atom stereocenters. The summed E-state index contributed by atoms with van der Waals surface area (Å²) in [4.78, 5) is 0. The van der Waals surface area contributed by atoms with E-state index < -0.39 is 17.8 Å². The quantitative estimate of drug-likeness (QED) is 0.346. The standard InChI is InChI=1S/C7H7F5.Li.H/c1-2-3-4-5(8)6(9)7(10,11)12;;/h3-4H,2H2,1H3;;/q;+1;-1. The Kier molecular flexibility index (Phi) is 7.28. The first-order valence-corrected chi connectivity index (χ1v) is 3.18. The molecule has 13 heavy (non-hydrogen) atoms. The van der Waals surface area contributed by atoms with Gasteiger partial charge in [0.1, 0.15) is 0 Å². The van der Waals surface area contributed by atoms with Gasteiger partial charge in [0.25, 0.3) is 0 Å². The molecule has 0 aliphatic rings. The number of hydrogen-bond donors (Lipinski definition) is 0. The topological polar surface area (TPSA) is 0 Å². The fourth-order valence-electron chi connectivity index (χ4n) is 0.430. The molecule has 0 fully saturated rings. The number of hydrogen-bond acceptors (Lipinski definition) is 0. The Bertz CT molecular complexity index is 209. The second-order valence-corrected chi connectivity index (χ2v) is 1.97. The third-order valence-electron chi connectivity index (χ3n) is 0.958. The largest absolute Gasteiger partial charge is 1.00 e.